The van der Waals surface area contributed by atoms with Crippen molar-refractivity contribution in [3.63, 3.8) is 0 Å². The van der Waals surface area contributed by atoms with E-state index in [1.165, 1.54) is 0 Å². The van der Waals surface area contributed by atoms with E-state index in [4.69, 9.17) is 4.52 Å². The third-order valence-electron chi connectivity index (χ3n) is 3.14. The number of nitrogens with one attached hydrogen (secondary N) is 2. The topological polar surface area (TPSA) is 80.0 Å². The maximum absolute atomic E-state index is 12.3. The highest BCUT2D eigenvalue weighted by molar-refractivity contribution is 6.04. The van der Waals surface area contributed by atoms with Gasteiger partial charge in [0.1, 0.15) is 5.82 Å². The highest BCUT2D eigenvalue weighted by Gasteiger charge is 2.14. The Hall–Kier alpha value is -2.37. The van der Waals surface area contributed by atoms with Crippen molar-refractivity contribution in [1.29, 1.82) is 0 Å². The van der Waals surface area contributed by atoms with Crippen molar-refractivity contribution in [3.8, 4) is 0 Å². The van der Waals surface area contributed by atoms with E-state index in [9.17, 15) is 4.79 Å². The Balaban J connectivity index is 2.27. The number of nitrogens with zero attached hydrogens (tertiary/aromatic N) is 2. The van der Waals surface area contributed by atoms with Crippen LogP contribution in [-0.4, -0.2) is 23.1 Å². The van der Waals surface area contributed by atoms with Crippen LogP contribution in [0.4, 0.5) is 11.7 Å². The van der Waals surface area contributed by atoms with Crippen LogP contribution < -0.4 is 10.6 Å². The van der Waals surface area contributed by atoms with Gasteiger partial charge in [0, 0.05) is 23.9 Å². The zero-order chi connectivity index (χ0) is 14.7. The molecule has 2 heterocycles. The molecule has 0 fully saturated rings. The van der Waals surface area contributed by atoms with E-state index in [2.05, 4.69) is 20.8 Å². The van der Waals surface area contributed by atoms with Crippen molar-refractivity contribution >= 4 is 17.6 Å². The number of amides is 1. The van der Waals surface area contributed by atoms with Crippen LogP contribution in [0.3, 0.4) is 0 Å². The molecule has 0 unspecified atom stereocenters. The molecule has 0 saturated heterocycles. The summed E-state index contributed by atoms with van der Waals surface area (Å²) in [4.78, 5) is 16.6. The van der Waals surface area contributed by atoms with Gasteiger partial charge in [0.2, 0.25) is 5.88 Å². The molecule has 1 amide bonds. The van der Waals surface area contributed by atoms with E-state index in [0.717, 1.165) is 23.4 Å². The van der Waals surface area contributed by atoms with Gasteiger partial charge in [-0.1, -0.05) is 12.1 Å². The summed E-state index contributed by atoms with van der Waals surface area (Å²) in [6.45, 7) is 5.67. The molecule has 0 atom stereocenters. The first kappa shape index (κ1) is 14.0. The summed E-state index contributed by atoms with van der Waals surface area (Å²) >= 11 is 0. The highest BCUT2D eigenvalue weighted by Crippen LogP contribution is 2.19. The van der Waals surface area contributed by atoms with Crippen LogP contribution in [0.1, 0.15) is 34.2 Å². The fourth-order valence-corrected chi connectivity index (χ4v) is 1.74. The first-order valence-electron chi connectivity index (χ1n) is 6.48. The summed E-state index contributed by atoms with van der Waals surface area (Å²) in [7, 11) is 1.77. The average Bonchev–Trinajstić information content (AvgIpc) is 2.78. The lowest BCUT2D eigenvalue weighted by Gasteiger charge is -2.07. The number of aryl methyl sites for hydroxylation is 2. The predicted octanol–water partition coefficient (Wildman–Crippen LogP) is 2.54. The van der Waals surface area contributed by atoms with Crippen LogP contribution in [0, 0.1) is 13.8 Å². The van der Waals surface area contributed by atoms with Crippen molar-refractivity contribution < 1.29 is 9.32 Å². The van der Waals surface area contributed by atoms with Gasteiger partial charge in [0.15, 0.2) is 0 Å². The molecule has 0 bridgehead atoms. The number of aromatic nitrogens is 2. The van der Waals surface area contributed by atoms with Gasteiger partial charge in [0.05, 0.1) is 5.69 Å². The summed E-state index contributed by atoms with van der Waals surface area (Å²) < 4.78 is 5.09. The normalized spacial score (nSPS) is 10.4. The monoisotopic (exact) mass is 274 g/mol. The van der Waals surface area contributed by atoms with Gasteiger partial charge in [-0.3, -0.25) is 10.1 Å². The van der Waals surface area contributed by atoms with Gasteiger partial charge in [0.25, 0.3) is 5.91 Å². The van der Waals surface area contributed by atoms with Gasteiger partial charge >= 0.3 is 0 Å². The van der Waals surface area contributed by atoms with Gasteiger partial charge < -0.3 is 9.84 Å². The standard InChI is InChI=1S/C14H18N4O2/c1-5-11-6-10(7-12(15-4)16-11)13(19)17-14-8(2)9(3)18-20-14/h6-7H,5H2,1-4H3,(H,15,16)(H,17,19). The fraction of sp³-hybridized carbons (Fsp3) is 0.357. The Bertz CT molecular complexity index is 612. The molecule has 6 heteroatoms. The minimum atomic E-state index is -0.238. The number of hydrogen-bond acceptors (Lipinski definition) is 5. The molecule has 0 aliphatic heterocycles. The zero-order valence-electron chi connectivity index (χ0n) is 12.1. The maximum atomic E-state index is 12.3. The molecule has 106 valence electrons. The molecule has 0 spiro atoms. The third kappa shape index (κ3) is 2.79. The molecule has 2 N–H and O–H groups in total. The number of anilines is 2. The van der Waals surface area contributed by atoms with E-state index in [0.29, 0.717) is 17.3 Å². The number of pyridine rings is 1. The van der Waals surface area contributed by atoms with E-state index in [1.54, 1.807) is 19.2 Å². The van der Waals surface area contributed by atoms with Gasteiger partial charge in [-0.25, -0.2) is 4.98 Å². The first-order chi connectivity index (χ1) is 9.55. The fourth-order valence-electron chi connectivity index (χ4n) is 1.74. The van der Waals surface area contributed by atoms with Crippen LogP contribution in [0.15, 0.2) is 16.7 Å². The Morgan fingerprint density at radius 3 is 2.65 bits per heavy atom. The zero-order valence-corrected chi connectivity index (χ0v) is 12.1. The molecule has 0 aliphatic carbocycles. The maximum Gasteiger partial charge on any atom is 0.258 e. The van der Waals surface area contributed by atoms with Crippen LogP contribution in [0.2, 0.25) is 0 Å². The molecule has 0 aromatic carbocycles. The molecule has 6 nitrogen and oxygen atoms in total. The molecular weight excluding hydrogens is 256 g/mol. The van der Waals surface area contributed by atoms with Crippen molar-refractivity contribution in [2.45, 2.75) is 27.2 Å². The SMILES string of the molecule is CCc1cc(C(=O)Nc2onc(C)c2C)cc(NC)n1. The van der Waals surface area contributed by atoms with E-state index < -0.39 is 0 Å². The lowest BCUT2D eigenvalue weighted by molar-refractivity contribution is 0.102. The van der Waals surface area contributed by atoms with E-state index in [-0.39, 0.29) is 5.91 Å². The molecule has 0 saturated carbocycles. The second-order valence-corrected chi connectivity index (χ2v) is 4.51. The second-order valence-electron chi connectivity index (χ2n) is 4.51. The van der Waals surface area contributed by atoms with E-state index in [1.807, 2.05) is 20.8 Å². The number of hydrogen-bond donors (Lipinski definition) is 2. The summed E-state index contributed by atoms with van der Waals surface area (Å²) in [5.74, 6) is 0.811. The van der Waals surface area contributed by atoms with Crippen molar-refractivity contribution in [3.05, 3.63) is 34.6 Å². The van der Waals surface area contributed by atoms with Gasteiger partial charge in [-0.05, 0) is 32.4 Å². The van der Waals surface area contributed by atoms with Gasteiger partial charge in [-0.15, -0.1) is 0 Å². The minimum absolute atomic E-state index is 0.238. The molecule has 2 aromatic heterocycles. The average molecular weight is 274 g/mol. The lowest BCUT2D eigenvalue weighted by atomic mass is 10.1. The largest absolute Gasteiger partial charge is 0.373 e. The lowest BCUT2D eigenvalue weighted by Crippen LogP contribution is -2.13. The van der Waals surface area contributed by atoms with Crippen LogP contribution in [0.5, 0.6) is 0 Å². The van der Waals surface area contributed by atoms with E-state index >= 15 is 0 Å². The van der Waals surface area contributed by atoms with Crippen molar-refractivity contribution in [2.24, 2.45) is 0 Å². The van der Waals surface area contributed by atoms with Crippen molar-refractivity contribution in [2.75, 3.05) is 17.7 Å². The highest BCUT2D eigenvalue weighted by atomic mass is 16.5. The Kier molecular flexibility index (Phi) is 4.02. The number of carbonyl (C=O) groups is 1. The molecular formula is C14H18N4O2. The number of rotatable bonds is 4. The van der Waals surface area contributed by atoms with Crippen LogP contribution >= 0.6 is 0 Å². The van der Waals surface area contributed by atoms with Crippen molar-refractivity contribution in [1.82, 2.24) is 10.1 Å². The predicted molar refractivity (Wildman–Crippen MR) is 77.1 cm³/mol. The summed E-state index contributed by atoms with van der Waals surface area (Å²) in [6.07, 6.45) is 0.760. The Labute approximate surface area is 117 Å². The summed E-state index contributed by atoms with van der Waals surface area (Å²) in [5, 5.41) is 9.49. The third-order valence-corrected chi connectivity index (χ3v) is 3.14. The first-order valence-corrected chi connectivity index (χ1v) is 6.48. The molecule has 2 aromatic rings. The minimum Gasteiger partial charge on any atom is -0.373 e. The van der Waals surface area contributed by atoms with Crippen LogP contribution in [-0.2, 0) is 6.42 Å². The summed E-state index contributed by atoms with van der Waals surface area (Å²) in [6, 6.07) is 3.47. The Morgan fingerprint density at radius 2 is 2.10 bits per heavy atom. The molecule has 20 heavy (non-hydrogen) atoms. The molecule has 0 aliphatic rings. The second kappa shape index (κ2) is 5.73. The summed E-state index contributed by atoms with van der Waals surface area (Å²) in [5.41, 5.74) is 2.99. The number of carbonyl (C=O) groups excluding carboxylic acids is 1. The van der Waals surface area contributed by atoms with Gasteiger partial charge in [-0.2, -0.15) is 0 Å². The Morgan fingerprint density at radius 1 is 1.35 bits per heavy atom. The quantitative estimate of drug-likeness (QED) is 0.895. The smallest absolute Gasteiger partial charge is 0.258 e. The molecule has 0 radical (unpaired) electrons. The van der Waals surface area contributed by atoms with Crippen LogP contribution in [0.25, 0.3) is 0 Å². The molecule has 2 rings (SSSR count).